The van der Waals surface area contributed by atoms with Crippen LogP contribution in [0.3, 0.4) is 0 Å². The van der Waals surface area contributed by atoms with Crippen LogP contribution >= 0.6 is 0 Å². The minimum atomic E-state index is -0.345. The summed E-state index contributed by atoms with van der Waals surface area (Å²) >= 11 is 0. The van der Waals surface area contributed by atoms with E-state index in [0.717, 1.165) is 25.9 Å². The van der Waals surface area contributed by atoms with E-state index in [1.54, 1.807) is 0 Å². The van der Waals surface area contributed by atoms with Crippen LogP contribution in [0.15, 0.2) is 0 Å². The number of nitrogens with zero attached hydrogens (tertiary/aromatic N) is 2. The smallest absolute Gasteiger partial charge is 0.103 e. The van der Waals surface area contributed by atoms with E-state index >= 15 is 0 Å². The Bertz CT molecular complexity index is 300. The van der Waals surface area contributed by atoms with Gasteiger partial charge < -0.3 is 4.90 Å². The number of hydrogen-bond donors (Lipinski definition) is 1. The highest BCUT2D eigenvalue weighted by atomic mass is 15.1. The van der Waals surface area contributed by atoms with Crippen LogP contribution < -0.4 is 5.32 Å². The molecule has 0 bridgehead atoms. The molecular weight excluding hydrogens is 234 g/mol. The number of nitrogens with one attached hydrogen (secondary N) is 1. The molecule has 1 heterocycles. The van der Waals surface area contributed by atoms with Crippen LogP contribution in [-0.4, -0.2) is 36.6 Å². The van der Waals surface area contributed by atoms with Gasteiger partial charge in [0.1, 0.15) is 5.54 Å². The van der Waals surface area contributed by atoms with Crippen molar-refractivity contribution in [2.75, 3.05) is 26.2 Å². The fraction of sp³-hybridized carbons (Fsp3) is 0.938. The van der Waals surface area contributed by atoms with Gasteiger partial charge in [-0.05, 0) is 64.2 Å². The van der Waals surface area contributed by atoms with Crippen molar-refractivity contribution in [3.05, 3.63) is 0 Å². The molecule has 1 aliphatic rings. The Morgan fingerprint density at radius 2 is 1.95 bits per heavy atom. The van der Waals surface area contributed by atoms with Crippen molar-refractivity contribution in [2.24, 2.45) is 5.41 Å². The maximum atomic E-state index is 9.23. The lowest BCUT2D eigenvalue weighted by Crippen LogP contribution is -2.42. The molecule has 19 heavy (non-hydrogen) atoms. The van der Waals surface area contributed by atoms with Crippen molar-refractivity contribution < 1.29 is 0 Å². The van der Waals surface area contributed by atoms with Crippen molar-refractivity contribution in [2.45, 2.75) is 65.3 Å². The molecule has 3 nitrogen and oxygen atoms in total. The van der Waals surface area contributed by atoms with Crippen LogP contribution in [0.4, 0.5) is 0 Å². The molecule has 0 amide bonds. The molecule has 0 aromatic heterocycles. The van der Waals surface area contributed by atoms with Crippen LogP contribution in [0, 0.1) is 16.7 Å². The first-order valence-corrected chi connectivity index (χ1v) is 7.85. The van der Waals surface area contributed by atoms with Crippen LogP contribution in [0.5, 0.6) is 0 Å². The molecular formula is C16H31N3. The van der Waals surface area contributed by atoms with E-state index in [0.29, 0.717) is 5.41 Å². The fourth-order valence-electron chi connectivity index (χ4n) is 2.90. The molecule has 1 aliphatic heterocycles. The average molecular weight is 265 g/mol. The topological polar surface area (TPSA) is 39.1 Å². The lowest BCUT2D eigenvalue weighted by Gasteiger charge is -2.39. The first kappa shape index (κ1) is 16.5. The van der Waals surface area contributed by atoms with E-state index in [2.05, 4.69) is 37.1 Å². The van der Waals surface area contributed by atoms with E-state index in [-0.39, 0.29) is 5.54 Å². The summed E-state index contributed by atoms with van der Waals surface area (Å²) in [5.74, 6) is 0. The van der Waals surface area contributed by atoms with Gasteiger partial charge in [0.2, 0.25) is 0 Å². The first-order chi connectivity index (χ1) is 8.97. The van der Waals surface area contributed by atoms with E-state index < -0.39 is 0 Å². The highest BCUT2D eigenvalue weighted by Gasteiger charge is 2.28. The van der Waals surface area contributed by atoms with Crippen LogP contribution in [0.1, 0.15) is 59.8 Å². The van der Waals surface area contributed by atoms with Gasteiger partial charge in [-0.25, -0.2) is 0 Å². The second-order valence-corrected chi connectivity index (χ2v) is 6.58. The Labute approximate surface area is 119 Å². The molecule has 0 saturated carbocycles. The highest BCUT2D eigenvalue weighted by Crippen LogP contribution is 2.33. The Morgan fingerprint density at radius 3 is 2.42 bits per heavy atom. The maximum Gasteiger partial charge on any atom is 0.103 e. The monoisotopic (exact) mass is 265 g/mol. The Morgan fingerprint density at radius 1 is 1.32 bits per heavy atom. The van der Waals surface area contributed by atoms with Gasteiger partial charge in [-0.3, -0.25) is 5.32 Å². The van der Waals surface area contributed by atoms with Crippen molar-refractivity contribution in [1.82, 2.24) is 10.2 Å². The molecule has 0 radical (unpaired) electrons. The van der Waals surface area contributed by atoms with Crippen molar-refractivity contribution in [3.8, 4) is 6.07 Å². The lowest BCUT2D eigenvalue weighted by atomic mass is 9.78. The van der Waals surface area contributed by atoms with Gasteiger partial charge in [0.15, 0.2) is 0 Å². The molecule has 1 unspecified atom stereocenters. The summed E-state index contributed by atoms with van der Waals surface area (Å²) in [7, 11) is 0. The molecule has 0 aromatic carbocycles. The zero-order chi connectivity index (χ0) is 14.4. The van der Waals surface area contributed by atoms with Gasteiger partial charge >= 0.3 is 0 Å². The second-order valence-electron chi connectivity index (χ2n) is 6.58. The summed E-state index contributed by atoms with van der Waals surface area (Å²) in [5.41, 5.74) is 0.226. The predicted octanol–water partition coefficient (Wildman–Crippen LogP) is 3.17. The molecule has 1 atom stereocenters. The minimum Gasteiger partial charge on any atom is -0.303 e. The molecule has 1 rings (SSSR count). The normalized spacial score (nSPS) is 22.7. The summed E-state index contributed by atoms with van der Waals surface area (Å²) in [4.78, 5) is 2.57. The van der Waals surface area contributed by atoms with Gasteiger partial charge in [0, 0.05) is 0 Å². The van der Waals surface area contributed by atoms with Gasteiger partial charge in [0.05, 0.1) is 6.07 Å². The molecule has 0 spiro atoms. The van der Waals surface area contributed by atoms with E-state index in [1.807, 2.05) is 6.92 Å². The number of hydrogen-bond acceptors (Lipinski definition) is 3. The van der Waals surface area contributed by atoms with Gasteiger partial charge in [0.25, 0.3) is 0 Å². The molecule has 0 aromatic rings. The van der Waals surface area contributed by atoms with Crippen molar-refractivity contribution in [1.29, 1.82) is 5.26 Å². The zero-order valence-corrected chi connectivity index (χ0v) is 13.3. The molecule has 0 aliphatic carbocycles. The molecule has 1 fully saturated rings. The molecule has 1 saturated heterocycles. The van der Waals surface area contributed by atoms with Gasteiger partial charge in [-0.15, -0.1) is 0 Å². The number of piperidine rings is 1. The predicted molar refractivity (Wildman–Crippen MR) is 81.0 cm³/mol. The summed E-state index contributed by atoms with van der Waals surface area (Å²) in [6.07, 6.45) is 6.00. The van der Waals surface area contributed by atoms with E-state index in [4.69, 9.17) is 0 Å². The Balaban J connectivity index is 2.26. The van der Waals surface area contributed by atoms with Crippen molar-refractivity contribution in [3.63, 3.8) is 0 Å². The van der Waals surface area contributed by atoms with Crippen LogP contribution in [0.2, 0.25) is 0 Å². The van der Waals surface area contributed by atoms with Crippen LogP contribution in [0.25, 0.3) is 0 Å². The lowest BCUT2D eigenvalue weighted by molar-refractivity contribution is 0.112. The first-order valence-electron chi connectivity index (χ1n) is 7.85. The van der Waals surface area contributed by atoms with E-state index in [1.165, 1.54) is 32.4 Å². The van der Waals surface area contributed by atoms with Crippen LogP contribution in [-0.2, 0) is 0 Å². The highest BCUT2D eigenvalue weighted by molar-refractivity contribution is 5.03. The Hall–Kier alpha value is -0.590. The number of rotatable bonds is 7. The standard InChI is InChI=1S/C16H31N3/c1-5-15(3)9-12-19(13-10-15)11-7-8-16(4,14-17)18-6-2/h18H,5-13H2,1-4H3. The summed E-state index contributed by atoms with van der Waals surface area (Å²) in [6, 6.07) is 2.41. The Kier molecular flexibility index (Phi) is 6.29. The molecule has 1 N–H and O–H groups in total. The summed E-state index contributed by atoms with van der Waals surface area (Å²) in [5, 5.41) is 12.5. The average Bonchev–Trinajstić information content (AvgIpc) is 2.42. The number of likely N-dealkylation sites (tertiary alicyclic amines) is 1. The summed E-state index contributed by atoms with van der Waals surface area (Å²) < 4.78 is 0. The largest absolute Gasteiger partial charge is 0.303 e. The summed E-state index contributed by atoms with van der Waals surface area (Å²) in [6.45, 7) is 13.3. The van der Waals surface area contributed by atoms with Gasteiger partial charge in [-0.2, -0.15) is 5.26 Å². The third-order valence-electron chi connectivity index (χ3n) is 4.88. The maximum absolute atomic E-state index is 9.23. The third-order valence-corrected chi connectivity index (χ3v) is 4.88. The van der Waals surface area contributed by atoms with E-state index in [9.17, 15) is 5.26 Å². The zero-order valence-electron chi connectivity index (χ0n) is 13.3. The van der Waals surface area contributed by atoms with Gasteiger partial charge in [-0.1, -0.05) is 27.2 Å². The quantitative estimate of drug-likeness (QED) is 0.768. The number of nitriles is 1. The SMILES string of the molecule is CCNC(C)(C#N)CCCN1CCC(C)(CC)CC1. The second kappa shape index (κ2) is 7.26. The minimum absolute atomic E-state index is 0.345. The molecule has 3 heteroatoms. The fourth-order valence-corrected chi connectivity index (χ4v) is 2.90. The van der Waals surface area contributed by atoms with Crippen molar-refractivity contribution >= 4 is 0 Å². The third kappa shape index (κ3) is 5.12. The molecule has 110 valence electrons.